The molecule has 0 saturated heterocycles. The molecule has 32 heavy (non-hydrogen) atoms. The van der Waals surface area contributed by atoms with E-state index >= 15 is 0 Å². The molecule has 3 aromatic carbocycles. The predicted molar refractivity (Wildman–Crippen MR) is 124 cm³/mol. The summed E-state index contributed by atoms with van der Waals surface area (Å²) in [6.07, 6.45) is -0.309. The smallest absolute Gasteiger partial charge is 0.264 e. The lowest BCUT2D eigenvalue weighted by Crippen LogP contribution is -2.51. The molecule has 2 atom stereocenters. The highest BCUT2D eigenvalue weighted by molar-refractivity contribution is 7.92. The molecule has 1 heterocycles. The molecule has 0 aromatic heterocycles. The quantitative estimate of drug-likeness (QED) is 0.572. The third-order valence-corrected chi connectivity index (χ3v) is 7.40. The second kappa shape index (κ2) is 9.22. The SMILES string of the molecule is CC[C@@H](NC(=O)[C@H]1CN(S(=O)(=O)c2ccc(Cl)cc2)c2ccccc2O1)c1ccccc1. The normalized spacial score (nSPS) is 16.6. The number of hydrogen-bond acceptors (Lipinski definition) is 4. The van der Waals surface area contributed by atoms with E-state index in [4.69, 9.17) is 16.3 Å². The number of nitrogens with one attached hydrogen (secondary N) is 1. The van der Waals surface area contributed by atoms with Gasteiger partial charge in [0.15, 0.2) is 6.10 Å². The van der Waals surface area contributed by atoms with E-state index in [-0.39, 0.29) is 23.4 Å². The van der Waals surface area contributed by atoms with Crippen LogP contribution in [0.15, 0.2) is 83.8 Å². The first-order valence-electron chi connectivity index (χ1n) is 10.3. The zero-order chi connectivity index (χ0) is 22.7. The van der Waals surface area contributed by atoms with Crippen LogP contribution < -0.4 is 14.4 Å². The number of ether oxygens (including phenoxy) is 1. The van der Waals surface area contributed by atoms with E-state index in [0.717, 1.165) is 5.56 Å². The van der Waals surface area contributed by atoms with E-state index in [9.17, 15) is 13.2 Å². The Morgan fingerprint density at radius 2 is 1.72 bits per heavy atom. The minimum absolute atomic E-state index is 0.0912. The number of para-hydroxylation sites is 2. The first-order chi connectivity index (χ1) is 15.4. The number of halogens is 1. The summed E-state index contributed by atoms with van der Waals surface area (Å²) in [5, 5.41) is 3.44. The number of sulfonamides is 1. The van der Waals surface area contributed by atoms with Crippen LogP contribution in [-0.2, 0) is 14.8 Å². The molecule has 6 nitrogen and oxygen atoms in total. The Balaban J connectivity index is 1.63. The molecule has 3 aromatic rings. The summed E-state index contributed by atoms with van der Waals surface area (Å²) in [6, 6.07) is 22.2. The van der Waals surface area contributed by atoms with E-state index in [0.29, 0.717) is 22.9 Å². The fourth-order valence-corrected chi connectivity index (χ4v) is 5.27. The Labute approximate surface area is 192 Å². The average molecular weight is 471 g/mol. The van der Waals surface area contributed by atoms with Crippen molar-refractivity contribution in [3.63, 3.8) is 0 Å². The van der Waals surface area contributed by atoms with Crippen molar-refractivity contribution < 1.29 is 17.9 Å². The van der Waals surface area contributed by atoms with Gasteiger partial charge in [0.2, 0.25) is 0 Å². The molecule has 8 heteroatoms. The van der Waals surface area contributed by atoms with Crippen molar-refractivity contribution in [1.29, 1.82) is 0 Å². The van der Waals surface area contributed by atoms with Gasteiger partial charge in [0.1, 0.15) is 5.75 Å². The first-order valence-corrected chi connectivity index (χ1v) is 12.1. The van der Waals surface area contributed by atoms with Gasteiger partial charge in [0.05, 0.1) is 23.2 Å². The maximum Gasteiger partial charge on any atom is 0.264 e. The molecule has 0 fully saturated rings. The molecule has 0 aliphatic carbocycles. The molecule has 0 unspecified atom stereocenters. The lowest BCUT2D eigenvalue weighted by Gasteiger charge is -2.35. The molecule has 1 amide bonds. The Bertz CT molecular complexity index is 1200. The number of anilines is 1. The molecule has 0 bridgehead atoms. The highest BCUT2D eigenvalue weighted by Gasteiger charge is 2.38. The number of nitrogens with zero attached hydrogens (tertiary/aromatic N) is 1. The third-order valence-electron chi connectivity index (χ3n) is 5.36. The molecule has 4 rings (SSSR count). The monoisotopic (exact) mass is 470 g/mol. The van der Waals surface area contributed by atoms with Gasteiger partial charge in [-0.2, -0.15) is 0 Å². The Morgan fingerprint density at radius 3 is 2.41 bits per heavy atom. The van der Waals surface area contributed by atoms with Gasteiger partial charge in [0, 0.05) is 5.02 Å². The first kappa shape index (κ1) is 22.2. The van der Waals surface area contributed by atoms with Crippen molar-refractivity contribution in [2.45, 2.75) is 30.4 Å². The number of amides is 1. The van der Waals surface area contributed by atoms with Crippen LogP contribution in [0.3, 0.4) is 0 Å². The van der Waals surface area contributed by atoms with Crippen molar-refractivity contribution in [1.82, 2.24) is 5.32 Å². The summed E-state index contributed by atoms with van der Waals surface area (Å²) in [5.41, 5.74) is 1.37. The van der Waals surface area contributed by atoms with Crippen LogP contribution in [0.2, 0.25) is 5.02 Å². The van der Waals surface area contributed by atoms with Crippen molar-refractivity contribution in [2.75, 3.05) is 10.8 Å². The van der Waals surface area contributed by atoms with Gasteiger partial charge in [-0.1, -0.05) is 61.0 Å². The zero-order valence-electron chi connectivity index (χ0n) is 17.4. The average Bonchev–Trinajstić information content (AvgIpc) is 2.82. The Kier molecular flexibility index (Phi) is 6.39. The minimum Gasteiger partial charge on any atom is -0.476 e. The van der Waals surface area contributed by atoms with Crippen LogP contribution in [0.1, 0.15) is 24.9 Å². The van der Waals surface area contributed by atoms with Gasteiger partial charge < -0.3 is 10.1 Å². The fourth-order valence-electron chi connectivity index (χ4n) is 3.67. The largest absolute Gasteiger partial charge is 0.476 e. The zero-order valence-corrected chi connectivity index (χ0v) is 19.0. The number of benzene rings is 3. The second-order valence-corrected chi connectivity index (χ2v) is 9.74. The number of fused-ring (bicyclic) bond motifs is 1. The Hall–Kier alpha value is -3.03. The lowest BCUT2D eigenvalue weighted by atomic mass is 10.0. The Morgan fingerprint density at radius 1 is 1.06 bits per heavy atom. The number of carbonyl (C=O) groups excluding carboxylic acids is 1. The van der Waals surface area contributed by atoms with E-state index in [1.165, 1.54) is 28.6 Å². The van der Waals surface area contributed by atoms with Crippen molar-refractivity contribution in [3.8, 4) is 5.75 Å². The van der Waals surface area contributed by atoms with E-state index < -0.39 is 16.1 Å². The summed E-state index contributed by atoms with van der Waals surface area (Å²) >= 11 is 5.92. The minimum atomic E-state index is -3.93. The molecular formula is C24H23ClN2O4S. The highest BCUT2D eigenvalue weighted by Crippen LogP contribution is 2.37. The van der Waals surface area contributed by atoms with E-state index in [2.05, 4.69) is 5.32 Å². The van der Waals surface area contributed by atoms with Gasteiger partial charge in [0.25, 0.3) is 15.9 Å². The number of carbonyl (C=O) groups is 1. The van der Waals surface area contributed by atoms with Crippen LogP contribution in [0.4, 0.5) is 5.69 Å². The molecule has 1 aliphatic rings. The maximum atomic E-state index is 13.4. The summed E-state index contributed by atoms with van der Waals surface area (Å²) in [5.74, 6) is -0.0317. The summed E-state index contributed by atoms with van der Waals surface area (Å²) in [7, 11) is -3.93. The van der Waals surface area contributed by atoms with Gasteiger partial charge >= 0.3 is 0 Å². The third kappa shape index (κ3) is 4.45. The molecule has 166 valence electrons. The lowest BCUT2D eigenvalue weighted by molar-refractivity contribution is -0.128. The second-order valence-electron chi connectivity index (χ2n) is 7.44. The van der Waals surface area contributed by atoms with E-state index in [1.54, 1.807) is 24.3 Å². The van der Waals surface area contributed by atoms with Gasteiger partial charge in [-0.05, 0) is 48.4 Å². The van der Waals surface area contributed by atoms with Crippen molar-refractivity contribution in [3.05, 3.63) is 89.4 Å². The number of hydrogen-bond donors (Lipinski definition) is 1. The molecule has 1 aliphatic heterocycles. The standard InChI is InChI=1S/C24H23ClN2O4S/c1-2-20(17-8-4-3-5-9-17)26-24(28)23-16-27(21-10-6-7-11-22(21)31-23)32(29,30)19-14-12-18(25)13-15-19/h3-15,20,23H,2,16H2,1H3,(H,26,28)/t20-,23-/m1/s1. The molecular weight excluding hydrogens is 448 g/mol. The maximum absolute atomic E-state index is 13.4. The van der Waals surface area contributed by atoms with Crippen LogP contribution in [0.5, 0.6) is 5.75 Å². The highest BCUT2D eigenvalue weighted by atomic mass is 35.5. The van der Waals surface area contributed by atoms with Gasteiger partial charge in [-0.3, -0.25) is 9.10 Å². The predicted octanol–water partition coefficient (Wildman–Crippen LogP) is 4.56. The van der Waals surface area contributed by atoms with Crippen LogP contribution in [0, 0.1) is 0 Å². The fraction of sp³-hybridized carbons (Fsp3) is 0.208. The molecule has 0 saturated carbocycles. The molecule has 0 radical (unpaired) electrons. The number of rotatable bonds is 6. The molecule has 0 spiro atoms. The van der Waals surface area contributed by atoms with Crippen molar-refractivity contribution in [2.24, 2.45) is 0 Å². The topological polar surface area (TPSA) is 75.7 Å². The van der Waals surface area contributed by atoms with Crippen LogP contribution in [0.25, 0.3) is 0 Å². The summed E-state index contributed by atoms with van der Waals surface area (Å²) < 4.78 is 34.0. The molecule has 1 N–H and O–H groups in total. The van der Waals surface area contributed by atoms with Crippen LogP contribution in [-0.4, -0.2) is 27.0 Å². The summed E-state index contributed by atoms with van der Waals surface area (Å²) in [6.45, 7) is 1.84. The van der Waals surface area contributed by atoms with E-state index in [1.807, 2.05) is 37.3 Å². The van der Waals surface area contributed by atoms with Crippen LogP contribution >= 0.6 is 11.6 Å². The van der Waals surface area contributed by atoms with Gasteiger partial charge in [-0.15, -0.1) is 0 Å². The van der Waals surface area contributed by atoms with Gasteiger partial charge in [-0.25, -0.2) is 8.42 Å². The van der Waals surface area contributed by atoms with Crippen molar-refractivity contribution >= 4 is 33.2 Å². The summed E-state index contributed by atoms with van der Waals surface area (Å²) in [4.78, 5) is 13.2.